The van der Waals surface area contributed by atoms with Gasteiger partial charge in [-0.15, -0.1) is 0 Å². The van der Waals surface area contributed by atoms with Crippen molar-refractivity contribution in [3.63, 3.8) is 0 Å². The lowest BCUT2D eigenvalue weighted by atomic mass is 9.98. The van der Waals surface area contributed by atoms with Crippen LogP contribution in [0.5, 0.6) is 0 Å². The van der Waals surface area contributed by atoms with Gasteiger partial charge in [-0.1, -0.05) is 155 Å². The third-order valence-corrected chi connectivity index (χ3v) is 7.60. The fourth-order valence-electron chi connectivity index (χ4n) is 5.24. The molecule has 0 N–H and O–H groups in total. The van der Waals surface area contributed by atoms with Gasteiger partial charge in [0.25, 0.3) is 0 Å². The molecule has 0 aromatic carbocycles. The Balaban J connectivity index is 1.96. The van der Waals surface area contributed by atoms with Crippen LogP contribution in [-0.4, -0.2) is 4.98 Å². The molecular formula is C33H61N. The molecule has 1 heterocycles. The highest BCUT2D eigenvalue weighted by Gasteiger charge is 2.03. The molecule has 1 rings (SSSR count). The van der Waals surface area contributed by atoms with E-state index >= 15 is 0 Å². The minimum absolute atomic E-state index is 1.23. The Bertz CT molecular complexity index is 476. The molecule has 0 fully saturated rings. The Morgan fingerprint density at radius 3 is 1.12 bits per heavy atom. The van der Waals surface area contributed by atoms with Gasteiger partial charge in [-0.2, -0.15) is 0 Å². The Morgan fingerprint density at radius 1 is 0.412 bits per heavy atom. The summed E-state index contributed by atoms with van der Waals surface area (Å²) in [6.07, 6.45) is 40.9. The quantitative estimate of drug-likeness (QED) is 0.122. The molecule has 1 aromatic heterocycles. The second-order valence-corrected chi connectivity index (χ2v) is 10.9. The number of nitrogens with zero attached hydrogens (tertiary/aromatic N) is 1. The number of aryl methyl sites for hydroxylation is 2. The molecule has 198 valence electrons. The summed E-state index contributed by atoms with van der Waals surface area (Å²) in [5, 5.41) is 0. The molecule has 0 unspecified atom stereocenters. The molecule has 1 aromatic rings. The summed E-state index contributed by atoms with van der Waals surface area (Å²) >= 11 is 0. The van der Waals surface area contributed by atoms with Crippen molar-refractivity contribution in [2.75, 3.05) is 0 Å². The summed E-state index contributed by atoms with van der Waals surface area (Å²) < 4.78 is 0. The summed E-state index contributed by atoms with van der Waals surface area (Å²) in [6, 6.07) is 2.29. The van der Waals surface area contributed by atoms with Crippen molar-refractivity contribution in [2.24, 2.45) is 0 Å². The van der Waals surface area contributed by atoms with E-state index in [1.165, 1.54) is 173 Å². The lowest BCUT2D eigenvalue weighted by molar-refractivity contribution is 0.542. The van der Waals surface area contributed by atoms with Gasteiger partial charge in [0.1, 0.15) is 0 Å². The fourth-order valence-corrected chi connectivity index (χ4v) is 5.24. The van der Waals surface area contributed by atoms with Crippen LogP contribution in [-0.2, 0) is 12.8 Å². The summed E-state index contributed by atoms with van der Waals surface area (Å²) in [4.78, 5) is 4.43. The van der Waals surface area contributed by atoms with E-state index in [1.54, 1.807) is 5.56 Å². The zero-order chi connectivity index (χ0) is 24.4. The zero-order valence-electron chi connectivity index (χ0n) is 23.6. The number of hydrogen-bond acceptors (Lipinski definition) is 1. The molecule has 0 aliphatic heterocycles. The molecule has 0 radical (unpaired) electrons. The van der Waals surface area contributed by atoms with Gasteiger partial charge in [-0.05, 0) is 42.9 Å². The number of rotatable bonds is 26. The van der Waals surface area contributed by atoms with E-state index in [0.29, 0.717) is 0 Å². The molecule has 0 bridgehead atoms. The molecule has 0 aliphatic carbocycles. The third-order valence-electron chi connectivity index (χ3n) is 7.60. The second-order valence-electron chi connectivity index (χ2n) is 10.9. The van der Waals surface area contributed by atoms with Crippen molar-refractivity contribution in [3.8, 4) is 0 Å². The van der Waals surface area contributed by atoms with Crippen LogP contribution < -0.4 is 0 Å². The molecular weight excluding hydrogens is 410 g/mol. The Hall–Kier alpha value is -0.850. The molecule has 0 amide bonds. The van der Waals surface area contributed by atoms with Crippen molar-refractivity contribution in [2.45, 2.75) is 181 Å². The maximum Gasteiger partial charge on any atom is 0.0302 e. The average Bonchev–Trinajstić information content (AvgIpc) is 2.86. The SMILES string of the molecule is CCCCCCCCCCCCCCc1ccncc1CCCCCCCCCCCCCC. The van der Waals surface area contributed by atoms with Crippen LogP contribution in [0.2, 0.25) is 0 Å². The lowest BCUT2D eigenvalue weighted by Crippen LogP contribution is -1.96. The zero-order valence-corrected chi connectivity index (χ0v) is 23.6. The predicted molar refractivity (Wildman–Crippen MR) is 154 cm³/mol. The third kappa shape index (κ3) is 19.5. The largest absolute Gasteiger partial charge is 0.264 e. The first kappa shape index (κ1) is 31.2. The minimum atomic E-state index is 1.23. The summed E-state index contributed by atoms with van der Waals surface area (Å²) in [6.45, 7) is 4.60. The first-order valence-corrected chi connectivity index (χ1v) is 15.8. The molecule has 0 aliphatic rings. The summed E-state index contributed by atoms with van der Waals surface area (Å²) in [7, 11) is 0. The molecule has 1 heteroatoms. The van der Waals surface area contributed by atoms with E-state index in [9.17, 15) is 0 Å². The summed E-state index contributed by atoms with van der Waals surface area (Å²) in [5.41, 5.74) is 3.10. The van der Waals surface area contributed by atoms with Crippen molar-refractivity contribution in [3.05, 3.63) is 29.6 Å². The Morgan fingerprint density at radius 2 is 0.735 bits per heavy atom. The van der Waals surface area contributed by atoms with Gasteiger partial charge in [0.2, 0.25) is 0 Å². The molecule has 34 heavy (non-hydrogen) atoms. The molecule has 1 nitrogen and oxygen atoms in total. The number of hydrogen-bond donors (Lipinski definition) is 0. The van der Waals surface area contributed by atoms with Gasteiger partial charge in [0.05, 0.1) is 0 Å². The van der Waals surface area contributed by atoms with Crippen LogP contribution in [0.15, 0.2) is 18.5 Å². The highest BCUT2D eigenvalue weighted by Crippen LogP contribution is 2.18. The Labute approximate surface area is 215 Å². The van der Waals surface area contributed by atoms with Crippen LogP contribution in [0.1, 0.15) is 179 Å². The van der Waals surface area contributed by atoms with Crippen LogP contribution >= 0.6 is 0 Å². The van der Waals surface area contributed by atoms with Crippen LogP contribution in [0.25, 0.3) is 0 Å². The van der Waals surface area contributed by atoms with E-state index in [1.807, 2.05) is 6.20 Å². The smallest absolute Gasteiger partial charge is 0.0302 e. The highest BCUT2D eigenvalue weighted by atomic mass is 14.6. The topological polar surface area (TPSA) is 12.9 Å². The Kier molecular flexibility index (Phi) is 23.2. The van der Waals surface area contributed by atoms with Gasteiger partial charge in [-0.25, -0.2) is 0 Å². The van der Waals surface area contributed by atoms with Gasteiger partial charge < -0.3 is 0 Å². The van der Waals surface area contributed by atoms with Crippen molar-refractivity contribution in [1.82, 2.24) is 4.98 Å². The van der Waals surface area contributed by atoms with E-state index in [0.717, 1.165) is 0 Å². The molecule has 0 atom stereocenters. The van der Waals surface area contributed by atoms with Crippen molar-refractivity contribution in [1.29, 1.82) is 0 Å². The van der Waals surface area contributed by atoms with Gasteiger partial charge in [0.15, 0.2) is 0 Å². The van der Waals surface area contributed by atoms with Crippen LogP contribution in [0.4, 0.5) is 0 Å². The van der Waals surface area contributed by atoms with Crippen molar-refractivity contribution >= 4 is 0 Å². The van der Waals surface area contributed by atoms with Gasteiger partial charge in [0, 0.05) is 12.4 Å². The lowest BCUT2D eigenvalue weighted by Gasteiger charge is -2.09. The number of pyridine rings is 1. The standard InChI is InChI=1S/C33H61N/c1-3-5-7-9-11-13-15-17-19-21-23-25-27-32-29-30-34-31-33(32)28-26-24-22-20-18-16-14-12-10-8-6-4-2/h29-31H,3-28H2,1-2H3. The second kappa shape index (κ2) is 25.2. The number of unbranched alkanes of at least 4 members (excludes halogenated alkanes) is 22. The average molecular weight is 472 g/mol. The van der Waals surface area contributed by atoms with E-state index < -0.39 is 0 Å². The fraction of sp³-hybridized carbons (Fsp3) is 0.848. The van der Waals surface area contributed by atoms with E-state index in [2.05, 4.69) is 31.1 Å². The van der Waals surface area contributed by atoms with Crippen LogP contribution in [0.3, 0.4) is 0 Å². The molecule has 0 spiro atoms. The predicted octanol–water partition coefficient (Wildman–Crippen LogP) is 11.6. The maximum absolute atomic E-state index is 4.43. The molecule has 0 saturated carbocycles. The van der Waals surface area contributed by atoms with E-state index in [4.69, 9.17) is 0 Å². The first-order valence-electron chi connectivity index (χ1n) is 15.8. The first-order chi connectivity index (χ1) is 16.9. The highest BCUT2D eigenvalue weighted by molar-refractivity contribution is 5.23. The molecule has 0 saturated heterocycles. The van der Waals surface area contributed by atoms with Gasteiger partial charge in [-0.3, -0.25) is 4.98 Å². The minimum Gasteiger partial charge on any atom is -0.264 e. The van der Waals surface area contributed by atoms with Crippen LogP contribution in [0, 0.1) is 0 Å². The maximum atomic E-state index is 4.43. The summed E-state index contributed by atoms with van der Waals surface area (Å²) in [5.74, 6) is 0. The monoisotopic (exact) mass is 471 g/mol. The normalized spacial score (nSPS) is 11.4. The van der Waals surface area contributed by atoms with Crippen molar-refractivity contribution < 1.29 is 0 Å². The number of aromatic nitrogens is 1. The van der Waals surface area contributed by atoms with Gasteiger partial charge >= 0.3 is 0 Å². The van der Waals surface area contributed by atoms with E-state index in [-0.39, 0.29) is 0 Å².